The van der Waals surface area contributed by atoms with Gasteiger partial charge in [0.15, 0.2) is 0 Å². The first-order valence-corrected chi connectivity index (χ1v) is 15.8. The average molecular weight is 556 g/mol. The Bertz CT molecular complexity index is 842. The van der Waals surface area contributed by atoms with E-state index in [1.807, 2.05) is 6.92 Å². The van der Waals surface area contributed by atoms with Gasteiger partial charge in [-0.15, -0.1) is 0 Å². The highest BCUT2D eigenvalue weighted by atomic mass is 32.2. The SMILES string of the molecule is CCCCCCCCC=CCCCCCCCC(=O)CN(C(C)O)C(C)O.Cc1ccc(S(=O)(=O)O)cc1. The summed E-state index contributed by atoms with van der Waals surface area (Å²) in [5.74, 6) is 0.0921. The van der Waals surface area contributed by atoms with Gasteiger partial charge >= 0.3 is 0 Å². The molecule has 220 valence electrons. The second kappa shape index (κ2) is 22.3. The molecular formula is C30H53NO6S. The number of unbranched alkanes of at least 4 members (excludes halogenated alkanes) is 11. The molecule has 2 atom stereocenters. The maximum atomic E-state index is 11.9. The highest BCUT2D eigenvalue weighted by molar-refractivity contribution is 7.85. The highest BCUT2D eigenvalue weighted by Gasteiger charge is 2.19. The lowest BCUT2D eigenvalue weighted by molar-refractivity contribution is -0.131. The first kappa shape index (κ1) is 36.4. The van der Waals surface area contributed by atoms with Crippen molar-refractivity contribution in [2.45, 2.75) is 135 Å². The van der Waals surface area contributed by atoms with Crippen LogP contribution in [0.3, 0.4) is 0 Å². The summed E-state index contributed by atoms with van der Waals surface area (Å²) in [5.41, 5.74) is 0.956. The first-order valence-electron chi connectivity index (χ1n) is 14.3. The third-order valence-corrected chi connectivity index (χ3v) is 7.22. The van der Waals surface area contributed by atoms with Crippen molar-refractivity contribution < 1.29 is 28.0 Å². The van der Waals surface area contributed by atoms with Crippen LogP contribution in [-0.2, 0) is 14.9 Å². The number of hydrogen-bond donors (Lipinski definition) is 3. The maximum Gasteiger partial charge on any atom is 0.294 e. The fourth-order valence-corrected chi connectivity index (χ4v) is 4.44. The Labute approximate surface area is 232 Å². The summed E-state index contributed by atoms with van der Waals surface area (Å²) in [4.78, 5) is 13.3. The van der Waals surface area contributed by atoms with E-state index in [0.717, 1.165) is 18.4 Å². The number of nitrogens with zero attached hydrogens (tertiary/aromatic N) is 1. The normalized spacial score (nSPS) is 13.4. The topological polar surface area (TPSA) is 115 Å². The van der Waals surface area contributed by atoms with Crippen LogP contribution in [0.1, 0.15) is 116 Å². The quantitative estimate of drug-likeness (QED) is 0.0700. The van der Waals surface area contributed by atoms with Crippen LogP contribution in [0.4, 0.5) is 0 Å². The summed E-state index contributed by atoms with van der Waals surface area (Å²) in [6, 6.07) is 5.99. The standard InChI is InChI=1S/C23H45NO3.C7H8O3S/c1-4-5-6-7-8-9-10-11-12-13-14-15-16-17-18-19-23(27)20-24(21(2)25)22(3)26;1-6-2-4-7(5-3-6)11(8,9)10/h11-12,21-22,25-26H,4-10,13-20H2,1-3H3;2-5H,1H3,(H,8,9,10). The molecule has 0 aliphatic heterocycles. The number of aliphatic hydroxyl groups excluding tert-OH is 2. The Morgan fingerprint density at radius 3 is 1.71 bits per heavy atom. The molecule has 0 aliphatic carbocycles. The van der Waals surface area contributed by atoms with Crippen molar-refractivity contribution in [3.8, 4) is 0 Å². The number of carbonyl (C=O) groups excluding carboxylic acids is 1. The number of Topliss-reactive ketones (excluding diaryl/α,β-unsaturated/α-hetero) is 1. The van der Waals surface area contributed by atoms with Gasteiger partial charge in [-0.05, 0) is 65.0 Å². The largest absolute Gasteiger partial charge is 0.379 e. The van der Waals surface area contributed by atoms with Gasteiger partial charge in [0.1, 0.15) is 18.2 Å². The molecule has 1 aromatic rings. The molecule has 0 radical (unpaired) electrons. The van der Waals surface area contributed by atoms with E-state index in [1.54, 1.807) is 26.0 Å². The van der Waals surface area contributed by atoms with Gasteiger partial charge in [0, 0.05) is 6.42 Å². The number of ketones is 1. The van der Waals surface area contributed by atoms with Crippen LogP contribution in [-0.4, -0.2) is 52.9 Å². The van der Waals surface area contributed by atoms with Gasteiger partial charge in [-0.2, -0.15) is 8.42 Å². The van der Waals surface area contributed by atoms with Crippen molar-refractivity contribution in [2.24, 2.45) is 0 Å². The zero-order valence-electron chi connectivity index (χ0n) is 24.1. The molecule has 1 rings (SSSR count). The van der Waals surface area contributed by atoms with Gasteiger partial charge in [0.05, 0.1) is 11.4 Å². The van der Waals surface area contributed by atoms with Gasteiger partial charge in [-0.3, -0.25) is 9.35 Å². The van der Waals surface area contributed by atoms with E-state index in [4.69, 9.17) is 4.55 Å². The second-order valence-corrected chi connectivity index (χ2v) is 11.5. The van der Waals surface area contributed by atoms with E-state index in [0.29, 0.717) is 6.42 Å². The Kier molecular flexibility index (Phi) is 21.3. The fourth-order valence-electron chi connectivity index (χ4n) is 3.96. The Balaban J connectivity index is 0.00000103. The van der Waals surface area contributed by atoms with Crippen LogP contribution in [0.15, 0.2) is 41.3 Å². The van der Waals surface area contributed by atoms with Crippen molar-refractivity contribution in [3.63, 3.8) is 0 Å². The van der Waals surface area contributed by atoms with Crippen LogP contribution < -0.4 is 0 Å². The molecule has 0 aromatic heterocycles. The molecule has 0 fully saturated rings. The summed E-state index contributed by atoms with van der Waals surface area (Å²) < 4.78 is 29.6. The summed E-state index contributed by atoms with van der Waals surface area (Å²) in [7, 11) is -4.02. The minimum atomic E-state index is -4.02. The van der Waals surface area contributed by atoms with E-state index in [-0.39, 0.29) is 17.2 Å². The average Bonchev–Trinajstić information content (AvgIpc) is 2.84. The molecule has 0 amide bonds. The summed E-state index contributed by atoms with van der Waals surface area (Å²) >= 11 is 0. The molecule has 0 heterocycles. The van der Waals surface area contributed by atoms with Gasteiger partial charge in [-0.25, -0.2) is 4.90 Å². The third-order valence-electron chi connectivity index (χ3n) is 6.36. The molecule has 3 N–H and O–H groups in total. The number of rotatable bonds is 20. The van der Waals surface area contributed by atoms with E-state index < -0.39 is 22.6 Å². The summed E-state index contributed by atoms with van der Waals surface area (Å²) in [6.45, 7) is 7.37. The number of carbonyl (C=O) groups is 1. The van der Waals surface area contributed by atoms with Crippen LogP contribution >= 0.6 is 0 Å². The maximum absolute atomic E-state index is 11.9. The molecular weight excluding hydrogens is 502 g/mol. The predicted molar refractivity (Wildman–Crippen MR) is 156 cm³/mol. The van der Waals surface area contributed by atoms with E-state index in [1.165, 1.54) is 87.7 Å². The van der Waals surface area contributed by atoms with Crippen molar-refractivity contribution in [3.05, 3.63) is 42.0 Å². The molecule has 0 saturated carbocycles. The number of hydrogen-bond acceptors (Lipinski definition) is 6. The monoisotopic (exact) mass is 555 g/mol. The van der Waals surface area contributed by atoms with Crippen molar-refractivity contribution in [1.82, 2.24) is 4.90 Å². The minimum absolute atomic E-state index is 0.0666. The second-order valence-electron chi connectivity index (χ2n) is 10.1. The Hall–Kier alpha value is -1.58. The van der Waals surface area contributed by atoms with E-state index >= 15 is 0 Å². The Morgan fingerprint density at radius 1 is 0.816 bits per heavy atom. The molecule has 38 heavy (non-hydrogen) atoms. The van der Waals surface area contributed by atoms with Crippen LogP contribution in [0.25, 0.3) is 0 Å². The summed E-state index contributed by atoms with van der Waals surface area (Å²) in [6.07, 6.45) is 19.8. The van der Waals surface area contributed by atoms with Gasteiger partial charge in [-0.1, -0.05) is 88.1 Å². The van der Waals surface area contributed by atoms with E-state index in [2.05, 4.69) is 19.1 Å². The number of benzene rings is 1. The molecule has 8 heteroatoms. The lowest BCUT2D eigenvalue weighted by Gasteiger charge is -2.27. The van der Waals surface area contributed by atoms with Crippen molar-refractivity contribution in [2.75, 3.05) is 6.54 Å². The zero-order chi connectivity index (χ0) is 28.8. The number of allylic oxidation sites excluding steroid dienone is 2. The first-order chi connectivity index (χ1) is 18.0. The smallest absolute Gasteiger partial charge is 0.294 e. The molecule has 7 nitrogen and oxygen atoms in total. The number of aliphatic hydroxyl groups is 2. The molecule has 1 aromatic carbocycles. The molecule has 2 unspecified atom stereocenters. The predicted octanol–water partition coefficient (Wildman–Crippen LogP) is 6.81. The Morgan fingerprint density at radius 2 is 1.26 bits per heavy atom. The molecule has 0 aliphatic rings. The highest BCUT2D eigenvalue weighted by Crippen LogP contribution is 2.11. The zero-order valence-corrected chi connectivity index (χ0v) is 25.0. The summed E-state index contributed by atoms with van der Waals surface area (Å²) in [5, 5.41) is 19.1. The molecule has 0 bridgehead atoms. The lowest BCUT2D eigenvalue weighted by atomic mass is 10.1. The third kappa shape index (κ3) is 20.4. The van der Waals surface area contributed by atoms with Gasteiger partial charge in [0.25, 0.3) is 10.1 Å². The van der Waals surface area contributed by atoms with Crippen LogP contribution in [0, 0.1) is 6.92 Å². The van der Waals surface area contributed by atoms with Crippen LogP contribution in [0.2, 0.25) is 0 Å². The van der Waals surface area contributed by atoms with Crippen molar-refractivity contribution in [1.29, 1.82) is 0 Å². The van der Waals surface area contributed by atoms with E-state index in [9.17, 15) is 23.4 Å². The lowest BCUT2D eigenvalue weighted by Crippen LogP contribution is -2.43. The van der Waals surface area contributed by atoms with Gasteiger partial charge in [0.2, 0.25) is 0 Å². The van der Waals surface area contributed by atoms with Crippen molar-refractivity contribution >= 4 is 15.9 Å². The number of aryl methyl sites for hydroxylation is 1. The minimum Gasteiger partial charge on any atom is -0.379 e. The fraction of sp³-hybridized carbons (Fsp3) is 0.700. The van der Waals surface area contributed by atoms with Crippen LogP contribution in [0.5, 0.6) is 0 Å². The van der Waals surface area contributed by atoms with Gasteiger partial charge < -0.3 is 10.2 Å². The molecule has 0 saturated heterocycles. The molecule has 0 spiro atoms.